The molecular formula is C19H21N3O4. The molecule has 136 valence electrons. The lowest BCUT2D eigenvalue weighted by molar-refractivity contribution is -0.402. The van der Waals surface area contributed by atoms with E-state index in [4.69, 9.17) is 4.42 Å². The molecule has 26 heavy (non-hydrogen) atoms. The van der Waals surface area contributed by atoms with Gasteiger partial charge in [0.25, 0.3) is 5.91 Å². The zero-order valence-electron chi connectivity index (χ0n) is 14.5. The monoisotopic (exact) mass is 355 g/mol. The molecule has 1 fully saturated rings. The number of anilines is 1. The lowest BCUT2D eigenvalue weighted by Crippen LogP contribution is -2.36. The van der Waals surface area contributed by atoms with Crippen LogP contribution in [0.3, 0.4) is 0 Å². The first-order chi connectivity index (χ1) is 12.6. The fourth-order valence-electron chi connectivity index (χ4n) is 3.76. The predicted molar refractivity (Wildman–Crippen MR) is 96.3 cm³/mol. The van der Waals surface area contributed by atoms with Crippen molar-refractivity contribution in [2.24, 2.45) is 0 Å². The molecule has 2 aliphatic rings. The van der Waals surface area contributed by atoms with Crippen LogP contribution in [0.25, 0.3) is 0 Å². The van der Waals surface area contributed by atoms with Gasteiger partial charge in [-0.05, 0) is 55.0 Å². The summed E-state index contributed by atoms with van der Waals surface area (Å²) in [7, 11) is 0. The molecule has 4 rings (SSSR count). The third-order valence-corrected chi connectivity index (χ3v) is 5.19. The molecule has 0 atom stereocenters. The van der Waals surface area contributed by atoms with Crippen molar-refractivity contribution in [2.75, 3.05) is 24.5 Å². The molecule has 2 aliphatic heterocycles. The molecule has 0 unspecified atom stereocenters. The summed E-state index contributed by atoms with van der Waals surface area (Å²) < 4.78 is 5.05. The van der Waals surface area contributed by atoms with Gasteiger partial charge in [0, 0.05) is 31.9 Å². The SMILES string of the molecule is O=C(c1ccc([N+](=O)[O-])o1)N1CCc2cc(N3CCCCC3)ccc2C1. The number of carbonyl (C=O) groups excluding carboxylic acids is 1. The van der Waals surface area contributed by atoms with Gasteiger partial charge in [-0.25, -0.2) is 0 Å². The van der Waals surface area contributed by atoms with Crippen LogP contribution < -0.4 is 4.90 Å². The van der Waals surface area contributed by atoms with Gasteiger partial charge in [0.1, 0.15) is 4.92 Å². The summed E-state index contributed by atoms with van der Waals surface area (Å²) in [5.41, 5.74) is 3.68. The van der Waals surface area contributed by atoms with Crippen LogP contribution in [-0.4, -0.2) is 35.4 Å². The molecule has 2 aromatic rings. The molecule has 7 heteroatoms. The molecule has 3 heterocycles. The number of fused-ring (bicyclic) bond motifs is 1. The molecule has 1 aromatic heterocycles. The summed E-state index contributed by atoms with van der Waals surface area (Å²) in [4.78, 5) is 26.8. The van der Waals surface area contributed by atoms with Crippen molar-refractivity contribution in [1.82, 2.24) is 4.90 Å². The van der Waals surface area contributed by atoms with Crippen LogP contribution in [0, 0.1) is 10.1 Å². The number of piperidine rings is 1. The minimum absolute atomic E-state index is 0.0186. The van der Waals surface area contributed by atoms with Crippen LogP contribution in [0.2, 0.25) is 0 Å². The number of rotatable bonds is 3. The number of amides is 1. The van der Waals surface area contributed by atoms with Gasteiger partial charge in [-0.2, -0.15) is 0 Å². The summed E-state index contributed by atoms with van der Waals surface area (Å²) in [6.07, 6.45) is 4.58. The maximum Gasteiger partial charge on any atom is 0.433 e. The summed E-state index contributed by atoms with van der Waals surface area (Å²) in [6.45, 7) is 3.31. The lowest BCUT2D eigenvalue weighted by atomic mass is 9.98. The van der Waals surface area contributed by atoms with Gasteiger partial charge in [-0.3, -0.25) is 14.9 Å². The van der Waals surface area contributed by atoms with E-state index in [1.54, 1.807) is 4.90 Å². The third kappa shape index (κ3) is 3.16. The molecule has 0 radical (unpaired) electrons. The Balaban J connectivity index is 1.48. The van der Waals surface area contributed by atoms with Crippen LogP contribution in [0.5, 0.6) is 0 Å². The van der Waals surface area contributed by atoms with Gasteiger partial charge in [0.2, 0.25) is 0 Å². The molecule has 0 saturated carbocycles. The topological polar surface area (TPSA) is 79.8 Å². The molecule has 0 aliphatic carbocycles. The highest BCUT2D eigenvalue weighted by Crippen LogP contribution is 2.28. The van der Waals surface area contributed by atoms with E-state index in [9.17, 15) is 14.9 Å². The highest BCUT2D eigenvalue weighted by molar-refractivity contribution is 5.92. The van der Waals surface area contributed by atoms with Gasteiger partial charge in [0.05, 0.1) is 6.07 Å². The van der Waals surface area contributed by atoms with Crippen molar-refractivity contribution in [3.63, 3.8) is 0 Å². The van der Waals surface area contributed by atoms with E-state index >= 15 is 0 Å². The minimum Gasteiger partial charge on any atom is -0.395 e. The number of hydrogen-bond donors (Lipinski definition) is 0. The van der Waals surface area contributed by atoms with Crippen LogP contribution in [0.4, 0.5) is 11.6 Å². The molecule has 0 spiro atoms. The number of nitrogens with zero attached hydrogens (tertiary/aromatic N) is 3. The minimum atomic E-state index is -0.635. The highest BCUT2D eigenvalue weighted by Gasteiger charge is 2.26. The van der Waals surface area contributed by atoms with Gasteiger partial charge in [-0.15, -0.1) is 0 Å². The van der Waals surface area contributed by atoms with Crippen molar-refractivity contribution in [3.05, 3.63) is 57.3 Å². The average Bonchev–Trinajstić information content (AvgIpc) is 3.18. The molecular weight excluding hydrogens is 334 g/mol. The van der Waals surface area contributed by atoms with Crippen molar-refractivity contribution in [1.29, 1.82) is 0 Å². The lowest BCUT2D eigenvalue weighted by Gasteiger charge is -2.32. The van der Waals surface area contributed by atoms with E-state index in [0.29, 0.717) is 13.1 Å². The number of benzene rings is 1. The van der Waals surface area contributed by atoms with Crippen molar-refractivity contribution in [3.8, 4) is 0 Å². The molecule has 1 saturated heterocycles. The number of carbonyl (C=O) groups is 1. The quantitative estimate of drug-likeness (QED) is 0.623. The fraction of sp³-hybridized carbons (Fsp3) is 0.421. The number of nitro groups is 1. The summed E-state index contributed by atoms with van der Waals surface area (Å²) in [6, 6.07) is 9.07. The maximum atomic E-state index is 12.6. The Bertz CT molecular complexity index is 839. The molecule has 7 nitrogen and oxygen atoms in total. The van der Waals surface area contributed by atoms with E-state index in [1.165, 1.54) is 42.6 Å². The van der Waals surface area contributed by atoms with Crippen LogP contribution in [0.15, 0.2) is 34.7 Å². The van der Waals surface area contributed by atoms with E-state index in [-0.39, 0.29) is 11.7 Å². The second-order valence-electron chi connectivity index (χ2n) is 6.87. The molecule has 1 amide bonds. The van der Waals surface area contributed by atoms with E-state index in [2.05, 4.69) is 23.1 Å². The van der Waals surface area contributed by atoms with Gasteiger partial charge >= 0.3 is 5.88 Å². The fourth-order valence-corrected chi connectivity index (χ4v) is 3.76. The maximum absolute atomic E-state index is 12.6. The summed E-state index contributed by atoms with van der Waals surface area (Å²) >= 11 is 0. The normalized spacial score (nSPS) is 17.1. The first kappa shape index (κ1) is 16.6. The van der Waals surface area contributed by atoms with Crippen LogP contribution >= 0.6 is 0 Å². The Morgan fingerprint density at radius 2 is 1.85 bits per heavy atom. The first-order valence-corrected chi connectivity index (χ1v) is 9.02. The Morgan fingerprint density at radius 1 is 1.04 bits per heavy atom. The average molecular weight is 355 g/mol. The summed E-state index contributed by atoms with van der Waals surface area (Å²) in [5, 5.41) is 10.7. The van der Waals surface area contributed by atoms with Crippen molar-refractivity contribution < 1.29 is 14.1 Å². The Morgan fingerprint density at radius 3 is 2.58 bits per heavy atom. The van der Waals surface area contributed by atoms with Crippen molar-refractivity contribution in [2.45, 2.75) is 32.2 Å². The second-order valence-corrected chi connectivity index (χ2v) is 6.87. The van der Waals surface area contributed by atoms with E-state index < -0.39 is 10.8 Å². The molecule has 0 N–H and O–H groups in total. The number of furan rings is 1. The Labute approximate surface area is 151 Å². The van der Waals surface area contributed by atoms with Crippen LogP contribution in [0.1, 0.15) is 40.9 Å². The standard InChI is InChI=1S/C19H21N3O4/c23-19(17-6-7-18(26-17)22(24)25)21-11-8-14-12-16(5-4-15(14)13-21)20-9-2-1-3-10-20/h4-7,12H,1-3,8-11,13H2. The Kier molecular flexibility index (Phi) is 4.36. The highest BCUT2D eigenvalue weighted by atomic mass is 16.6. The zero-order valence-corrected chi connectivity index (χ0v) is 14.5. The smallest absolute Gasteiger partial charge is 0.395 e. The second kappa shape index (κ2) is 6.82. The van der Waals surface area contributed by atoms with Crippen LogP contribution in [-0.2, 0) is 13.0 Å². The van der Waals surface area contributed by atoms with Gasteiger partial charge in [-0.1, -0.05) is 6.07 Å². The Hall–Kier alpha value is -2.83. The molecule has 0 bridgehead atoms. The largest absolute Gasteiger partial charge is 0.433 e. The van der Waals surface area contributed by atoms with Gasteiger partial charge in [0.15, 0.2) is 5.76 Å². The van der Waals surface area contributed by atoms with E-state index in [0.717, 1.165) is 25.1 Å². The number of hydrogen-bond acceptors (Lipinski definition) is 5. The molecule has 1 aromatic carbocycles. The summed E-state index contributed by atoms with van der Waals surface area (Å²) in [5.74, 6) is -0.689. The predicted octanol–water partition coefficient (Wildman–Crippen LogP) is 3.38. The van der Waals surface area contributed by atoms with E-state index in [1.807, 2.05) is 0 Å². The third-order valence-electron chi connectivity index (χ3n) is 5.19. The zero-order chi connectivity index (χ0) is 18.1. The van der Waals surface area contributed by atoms with Crippen molar-refractivity contribution >= 4 is 17.5 Å². The first-order valence-electron chi connectivity index (χ1n) is 9.02. The van der Waals surface area contributed by atoms with Gasteiger partial charge < -0.3 is 14.2 Å².